The van der Waals surface area contributed by atoms with E-state index in [1.165, 1.54) is 0 Å². The maximum atomic E-state index is 13.0. The zero-order valence-electron chi connectivity index (χ0n) is 11.8. The number of rotatable bonds is 3. The smallest absolute Gasteiger partial charge is 0.244 e. The SMILES string of the molecule is O=S(=O)(c1ccc(CO)cc1Br)N1CCCC2CCCC21. The molecule has 1 aromatic carbocycles. The van der Waals surface area contributed by atoms with Gasteiger partial charge in [0.15, 0.2) is 0 Å². The average molecular weight is 374 g/mol. The second-order valence-corrected chi connectivity index (χ2v) is 8.65. The van der Waals surface area contributed by atoms with Gasteiger partial charge >= 0.3 is 0 Å². The highest BCUT2D eigenvalue weighted by molar-refractivity contribution is 9.10. The van der Waals surface area contributed by atoms with E-state index in [2.05, 4.69) is 15.9 Å². The molecule has 1 saturated carbocycles. The molecule has 21 heavy (non-hydrogen) atoms. The highest BCUT2D eigenvalue weighted by atomic mass is 79.9. The van der Waals surface area contributed by atoms with Gasteiger partial charge in [-0.25, -0.2) is 8.42 Å². The molecule has 0 bridgehead atoms. The Morgan fingerprint density at radius 2 is 2.00 bits per heavy atom. The van der Waals surface area contributed by atoms with Crippen LogP contribution in [0.25, 0.3) is 0 Å². The van der Waals surface area contributed by atoms with Crippen molar-refractivity contribution in [3.63, 3.8) is 0 Å². The predicted molar refractivity (Wildman–Crippen MR) is 84.3 cm³/mol. The molecule has 2 fully saturated rings. The Labute approximate surface area is 134 Å². The van der Waals surface area contributed by atoms with Gasteiger partial charge in [0.2, 0.25) is 10.0 Å². The molecular weight excluding hydrogens is 354 g/mol. The molecular formula is C15H20BrNO3S. The molecule has 6 heteroatoms. The maximum Gasteiger partial charge on any atom is 0.244 e. The number of hydrogen-bond acceptors (Lipinski definition) is 3. The summed E-state index contributed by atoms with van der Waals surface area (Å²) in [5, 5.41) is 9.15. The fourth-order valence-corrected chi connectivity index (χ4v) is 6.53. The van der Waals surface area contributed by atoms with Crippen LogP contribution >= 0.6 is 15.9 Å². The third-order valence-corrected chi connectivity index (χ3v) is 7.61. The van der Waals surface area contributed by atoms with Gasteiger partial charge in [0.05, 0.1) is 11.5 Å². The number of halogens is 1. The van der Waals surface area contributed by atoms with E-state index in [0.717, 1.165) is 32.1 Å². The fraction of sp³-hybridized carbons (Fsp3) is 0.600. The number of aliphatic hydroxyl groups is 1. The van der Waals surface area contributed by atoms with E-state index in [4.69, 9.17) is 5.11 Å². The van der Waals surface area contributed by atoms with Crippen molar-refractivity contribution < 1.29 is 13.5 Å². The van der Waals surface area contributed by atoms with Gasteiger partial charge in [0.25, 0.3) is 0 Å². The van der Waals surface area contributed by atoms with E-state index in [1.54, 1.807) is 22.5 Å². The number of sulfonamides is 1. The minimum absolute atomic E-state index is 0.0899. The third kappa shape index (κ3) is 2.79. The molecule has 0 aromatic heterocycles. The summed E-state index contributed by atoms with van der Waals surface area (Å²) in [6, 6.07) is 5.13. The van der Waals surface area contributed by atoms with Crippen LogP contribution in [0.5, 0.6) is 0 Å². The summed E-state index contributed by atoms with van der Waals surface area (Å²) in [6.45, 7) is 0.533. The van der Waals surface area contributed by atoms with E-state index in [1.807, 2.05) is 0 Å². The summed E-state index contributed by atoms with van der Waals surface area (Å²) in [4.78, 5) is 0.312. The monoisotopic (exact) mass is 373 g/mol. The summed E-state index contributed by atoms with van der Waals surface area (Å²) in [6.07, 6.45) is 5.37. The molecule has 1 saturated heterocycles. The van der Waals surface area contributed by atoms with Crippen LogP contribution in [0.1, 0.15) is 37.7 Å². The highest BCUT2D eigenvalue weighted by Crippen LogP contribution is 2.40. The van der Waals surface area contributed by atoms with Gasteiger partial charge in [0, 0.05) is 17.1 Å². The van der Waals surface area contributed by atoms with Gasteiger partial charge in [-0.05, 0) is 65.2 Å². The molecule has 0 spiro atoms. The Hall–Kier alpha value is -0.430. The number of nitrogens with zero attached hydrogens (tertiary/aromatic N) is 1. The summed E-state index contributed by atoms with van der Waals surface area (Å²) in [5.74, 6) is 0.531. The molecule has 2 aliphatic rings. The average Bonchev–Trinajstić information content (AvgIpc) is 2.94. The molecule has 116 valence electrons. The molecule has 1 N–H and O–H groups in total. The summed E-state index contributed by atoms with van der Waals surface area (Å²) in [5.41, 5.74) is 0.707. The minimum Gasteiger partial charge on any atom is -0.392 e. The Morgan fingerprint density at radius 1 is 1.24 bits per heavy atom. The van der Waals surface area contributed by atoms with Gasteiger partial charge < -0.3 is 5.11 Å². The lowest BCUT2D eigenvalue weighted by molar-refractivity contribution is 0.202. The van der Waals surface area contributed by atoms with Gasteiger partial charge in [-0.3, -0.25) is 0 Å². The first-order valence-electron chi connectivity index (χ1n) is 7.45. The fourth-order valence-electron chi connectivity index (χ4n) is 3.68. The quantitative estimate of drug-likeness (QED) is 0.885. The van der Waals surface area contributed by atoms with Crippen LogP contribution in [0.15, 0.2) is 27.6 Å². The maximum absolute atomic E-state index is 13.0. The molecule has 1 aliphatic carbocycles. The van der Waals surface area contributed by atoms with Crippen LogP contribution < -0.4 is 0 Å². The van der Waals surface area contributed by atoms with Gasteiger partial charge in [-0.2, -0.15) is 4.31 Å². The van der Waals surface area contributed by atoms with Crippen molar-refractivity contribution in [3.8, 4) is 0 Å². The van der Waals surface area contributed by atoms with Crippen molar-refractivity contribution in [3.05, 3.63) is 28.2 Å². The molecule has 2 atom stereocenters. The number of benzene rings is 1. The normalized spacial score (nSPS) is 26.8. The van der Waals surface area contributed by atoms with Gasteiger partial charge in [-0.15, -0.1) is 0 Å². The second-order valence-electron chi connectivity index (χ2n) is 5.94. The van der Waals surface area contributed by atoms with Crippen LogP contribution in [-0.2, 0) is 16.6 Å². The Kier molecular flexibility index (Phi) is 4.41. The number of fused-ring (bicyclic) bond motifs is 1. The van der Waals surface area contributed by atoms with Crippen molar-refractivity contribution in [2.24, 2.45) is 5.92 Å². The molecule has 4 nitrogen and oxygen atoms in total. The largest absolute Gasteiger partial charge is 0.392 e. The van der Waals surface area contributed by atoms with E-state index < -0.39 is 10.0 Å². The van der Waals surface area contributed by atoms with Crippen molar-refractivity contribution in [2.75, 3.05) is 6.54 Å². The summed E-state index contributed by atoms with van der Waals surface area (Å²) in [7, 11) is -3.47. The van der Waals surface area contributed by atoms with Crippen molar-refractivity contribution in [1.82, 2.24) is 4.31 Å². The van der Waals surface area contributed by atoms with Gasteiger partial charge in [-0.1, -0.05) is 12.5 Å². The molecule has 0 radical (unpaired) electrons. The lowest BCUT2D eigenvalue weighted by atomic mass is 9.94. The topological polar surface area (TPSA) is 57.6 Å². The van der Waals surface area contributed by atoms with Crippen LogP contribution in [0, 0.1) is 5.92 Å². The standard InChI is InChI=1S/C15H20BrNO3S/c16-13-9-11(10-18)6-7-15(13)21(19,20)17-8-2-4-12-3-1-5-14(12)17/h6-7,9,12,14,18H,1-5,8,10H2. The molecule has 2 unspecified atom stereocenters. The number of piperidine rings is 1. The summed E-state index contributed by atoms with van der Waals surface area (Å²) < 4.78 is 28.2. The Morgan fingerprint density at radius 3 is 2.71 bits per heavy atom. The van der Waals surface area contributed by atoms with Crippen molar-refractivity contribution in [2.45, 2.75) is 49.6 Å². The Bertz CT molecular complexity index is 632. The van der Waals surface area contributed by atoms with E-state index in [0.29, 0.717) is 27.4 Å². The lowest BCUT2D eigenvalue weighted by Gasteiger charge is -2.36. The van der Waals surface area contributed by atoms with E-state index in [9.17, 15) is 8.42 Å². The van der Waals surface area contributed by atoms with E-state index >= 15 is 0 Å². The molecule has 1 heterocycles. The molecule has 0 amide bonds. The number of hydrogen-bond donors (Lipinski definition) is 1. The number of aliphatic hydroxyl groups excluding tert-OH is 1. The molecule has 1 aromatic rings. The van der Waals surface area contributed by atoms with Crippen molar-refractivity contribution >= 4 is 26.0 Å². The Balaban J connectivity index is 1.96. The second kappa shape index (κ2) is 5.99. The summed E-state index contributed by atoms with van der Waals surface area (Å²) >= 11 is 3.35. The first kappa shape index (κ1) is 15.5. The van der Waals surface area contributed by atoms with Crippen LogP contribution in [0.3, 0.4) is 0 Å². The zero-order chi connectivity index (χ0) is 15.0. The van der Waals surface area contributed by atoms with Crippen LogP contribution in [0.4, 0.5) is 0 Å². The minimum atomic E-state index is -3.47. The van der Waals surface area contributed by atoms with Crippen molar-refractivity contribution in [1.29, 1.82) is 0 Å². The zero-order valence-corrected chi connectivity index (χ0v) is 14.2. The van der Waals surface area contributed by atoms with E-state index in [-0.39, 0.29) is 12.6 Å². The molecule has 3 rings (SSSR count). The van der Waals surface area contributed by atoms with Crippen LogP contribution in [-0.4, -0.2) is 30.4 Å². The lowest BCUT2D eigenvalue weighted by Crippen LogP contribution is -2.46. The van der Waals surface area contributed by atoms with Crippen LogP contribution in [0.2, 0.25) is 0 Å². The third-order valence-electron chi connectivity index (χ3n) is 4.71. The first-order valence-corrected chi connectivity index (χ1v) is 9.68. The van der Waals surface area contributed by atoms with Gasteiger partial charge in [0.1, 0.15) is 0 Å². The highest BCUT2D eigenvalue weighted by Gasteiger charge is 2.41. The first-order chi connectivity index (χ1) is 10.0. The predicted octanol–water partition coefficient (Wildman–Crippen LogP) is 2.89. The molecule has 1 aliphatic heterocycles.